The number of thiazole rings is 2. The van der Waals surface area contributed by atoms with E-state index in [9.17, 15) is 9.59 Å². The highest BCUT2D eigenvalue weighted by molar-refractivity contribution is 7.18. The molecule has 0 radical (unpaired) electrons. The molecule has 0 saturated carbocycles. The number of anilines is 6. The Balaban J connectivity index is 0.000000172. The van der Waals surface area contributed by atoms with Crippen molar-refractivity contribution in [1.29, 1.82) is 0 Å². The molecule has 6 heterocycles. The first-order valence-corrected chi connectivity index (χ1v) is 20.9. The Hall–Kier alpha value is -5.50. The van der Waals surface area contributed by atoms with Gasteiger partial charge in [-0.15, -0.1) is 45.3 Å². The molecule has 284 valence electrons. The summed E-state index contributed by atoms with van der Waals surface area (Å²) in [6.45, 7) is 1.42. The zero-order valence-electron chi connectivity index (χ0n) is 29.0. The predicted octanol–water partition coefficient (Wildman–Crippen LogP) is 10.2. The summed E-state index contributed by atoms with van der Waals surface area (Å²) in [4.78, 5) is 51.8. The van der Waals surface area contributed by atoms with Crippen molar-refractivity contribution < 1.29 is 9.59 Å². The van der Waals surface area contributed by atoms with Gasteiger partial charge in [-0.1, -0.05) is 35.3 Å². The van der Waals surface area contributed by atoms with E-state index in [0.717, 1.165) is 54.7 Å². The fraction of sp³-hybridized carbons (Fsp3) is 0.111. The number of aromatic nitrogens is 6. The Bertz CT molecular complexity index is 2400. The SMILES string of the molecule is O=C(Nc1cccc(Cl)c1)Nc1ncc(CCNc2ncnc3ccsc23)s1.O=C(Nc1cccc(Cl)c1)Nc1ncc(CCNc2ncnc3ccsc23)s1. The van der Waals surface area contributed by atoms with E-state index < -0.39 is 0 Å². The van der Waals surface area contributed by atoms with Crippen LogP contribution in [-0.4, -0.2) is 55.1 Å². The van der Waals surface area contributed by atoms with Crippen LogP contribution in [0.5, 0.6) is 0 Å². The Morgan fingerprint density at radius 3 is 1.48 bits per heavy atom. The van der Waals surface area contributed by atoms with Gasteiger partial charge in [0.05, 0.1) is 20.4 Å². The summed E-state index contributed by atoms with van der Waals surface area (Å²) >= 11 is 17.9. The maximum absolute atomic E-state index is 12.1. The number of halogens is 2. The average molecular weight is 862 g/mol. The van der Waals surface area contributed by atoms with Crippen LogP contribution in [0, 0.1) is 0 Å². The summed E-state index contributed by atoms with van der Waals surface area (Å²) in [5.74, 6) is 1.67. The van der Waals surface area contributed by atoms with Gasteiger partial charge in [0, 0.05) is 69.5 Å². The molecule has 56 heavy (non-hydrogen) atoms. The van der Waals surface area contributed by atoms with Crippen LogP contribution in [-0.2, 0) is 12.8 Å². The molecule has 6 N–H and O–H groups in total. The first-order valence-electron chi connectivity index (χ1n) is 16.8. The quantitative estimate of drug-likeness (QED) is 0.0691. The first-order chi connectivity index (χ1) is 27.3. The summed E-state index contributed by atoms with van der Waals surface area (Å²) in [5, 5.41) is 23.8. The second kappa shape index (κ2) is 18.9. The second-order valence-corrected chi connectivity index (χ2v) is 16.4. The van der Waals surface area contributed by atoms with Gasteiger partial charge in [0.25, 0.3) is 0 Å². The van der Waals surface area contributed by atoms with Gasteiger partial charge < -0.3 is 21.3 Å². The molecular formula is C36H30Cl2N12O2S4. The molecule has 0 spiro atoms. The molecule has 8 rings (SSSR count). The predicted molar refractivity (Wildman–Crippen MR) is 232 cm³/mol. The maximum atomic E-state index is 12.1. The number of rotatable bonds is 12. The number of thiophene rings is 2. The Labute approximate surface area is 345 Å². The highest BCUT2D eigenvalue weighted by atomic mass is 35.5. The molecule has 0 unspecified atom stereocenters. The molecule has 0 aliphatic heterocycles. The van der Waals surface area contributed by atoms with Crippen molar-refractivity contribution in [3.05, 3.63) is 116 Å². The largest absolute Gasteiger partial charge is 0.368 e. The third kappa shape index (κ3) is 10.8. The molecule has 20 heteroatoms. The number of hydrogen-bond acceptors (Lipinski definition) is 14. The summed E-state index contributed by atoms with van der Waals surface area (Å²) < 4.78 is 2.10. The number of nitrogens with one attached hydrogen (secondary N) is 6. The fourth-order valence-corrected chi connectivity index (χ4v) is 8.67. The molecule has 4 amide bonds. The lowest BCUT2D eigenvalue weighted by Crippen LogP contribution is -2.19. The minimum Gasteiger partial charge on any atom is -0.368 e. The van der Waals surface area contributed by atoms with Crippen LogP contribution in [0.3, 0.4) is 0 Å². The molecule has 0 fully saturated rings. The highest BCUT2D eigenvalue weighted by Crippen LogP contribution is 2.27. The van der Waals surface area contributed by atoms with Crippen LogP contribution in [0.15, 0.2) is 96.5 Å². The standard InChI is InChI=1S/2C18H15ClN6OS2/c2*19-11-2-1-3-12(8-11)24-17(26)25-18-21-9-13(28-18)4-6-20-16-15-14(5-7-27-15)22-10-23-16/h2*1-3,5,7-10H,4,6H2,(H,20,22,23)(H2,21,24,25,26). The van der Waals surface area contributed by atoms with E-state index in [1.54, 1.807) is 96.3 Å². The van der Waals surface area contributed by atoms with Gasteiger partial charge in [-0.2, -0.15) is 0 Å². The van der Waals surface area contributed by atoms with Gasteiger partial charge in [-0.25, -0.2) is 39.5 Å². The number of nitrogens with zero attached hydrogens (tertiary/aromatic N) is 6. The minimum absolute atomic E-state index is 0.359. The molecule has 14 nitrogen and oxygen atoms in total. The number of hydrogen-bond donors (Lipinski definition) is 6. The third-order valence-electron chi connectivity index (χ3n) is 7.53. The van der Waals surface area contributed by atoms with Crippen LogP contribution in [0.4, 0.5) is 42.9 Å². The van der Waals surface area contributed by atoms with Gasteiger partial charge in [0.1, 0.15) is 24.3 Å². The molecule has 0 bridgehead atoms. The lowest BCUT2D eigenvalue weighted by molar-refractivity contribution is 0.261. The van der Waals surface area contributed by atoms with Crippen LogP contribution >= 0.6 is 68.5 Å². The average Bonchev–Trinajstić information content (AvgIpc) is 4.01. The summed E-state index contributed by atoms with van der Waals surface area (Å²) in [5.41, 5.74) is 3.13. The van der Waals surface area contributed by atoms with E-state index in [1.807, 2.05) is 22.9 Å². The number of urea groups is 2. The maximum Gasteiger partial charge on any atom is 0.325 e. The Morgan fingerprint density at radius 2 is 1.04 bits per heavy atom. The molecule has 6 aromatic heterocycles. The topological polar surface area (TPSA) is 184 Å². The van der Waals surface area contributed by atoms with Crippen LogP contribution < -0.4 is 31.9 Å². The van der Waals surface area contributed by atoms with Crippen molar-refractivity contribution in [2.45, 2.75) is 12.8 Å². The molecule has 0 atom stereocenters. The lowest BCUT2D eigenvalue weighted by Gasteiger charge is -2.05. The molecule has 8 aromatic rings. The van der Waals surface area contributed by atoms with Gasteiger partial charge >= 0.3 is 12.1 Å². The summed E-state index contributed by atoms with van der Waals surface area (Å²) in [7, 11) is 0. The number of carbonyl (C=O) groups excluding carboxylic acids is 2. The van der Waals surface area contributed by atoms with Crippen LogP contribution in [0.1, 0.15) is 9.75 Å². The van der Waals surface area contributed by atoms with Gasteiger partial charge in [-0.05, 0) is 59.3 Å². The Kier molecular flexibility index (Phi) is 13.1. The van der Waals surface area contributed by atoms with Crippen molar-refractivity contribution in [1.82, 2.24) is 29.9 Å². The fourth-order valence-electron chi connectivity index (χ4n) is 5.05. The lowest BCUT2D eigenvalue weighted by atomic mass is 10.3. The third-order valence-corrected chi connectivity index (χ3v) is 11.8. The monoisotopic (exact) mass is 860 g/mol. The zero-order valence-corrected chi connectivity index (χ0v) is 33.7. The summed E-state index contributed by atoms with van der Waals surface area (Å²) in [6.07, 6.45) is 8.19. The number of amides is 4. The molecular weight excluding hydrogens is 832 g/mol. The minimum atomic E-state index is -0.359. The highest BCUT2D eigenvalue weighted by Gasteiger charge is 2.11. The second-order valence-electron chi connectivity index (χ2n) is 11.5. The smallest absolute Gasteiger partial charge is 0.325 e. The van der Waals surface area contributed by atoms with Crippen molar-refractivity contribution in [2.24, 2.45) is 0 Å². The van der Waals surface area contributed by atoms with Crippen LogP contribution in [0.25, 0.3) is 20.4 Å². The van der Waals surface area contributed by atoms with Gasteiger partial charge in [-0.3, -0.25) is 10.6 Å². The molecule has 2 aromatic carbocycles. The van der Waals surface area contributed by atoms with Crippen molar-refractivity contribution in [3.63, 3.8) is 0 Å². The van der Waals surface area contributed by atoms with Crippen molar-refractivity contribution in [3.8, 4) is 0 Å². The zero-order chi connectivity index (χ0) is 38.7. The van der Waals surface area contributed by atoms with Crippen LogP contribution in [0.2, 0.25) is 10.0 Å². The van der Waals surface area contributed by atoms with E-state index in [2.05, 4.69) is 61.8 Å². The van der Waals surface area contributed by atoms with Gasteiger partial charge in [0.15, 0.2) is 10.3 Å². The van der Waals surface area contributed by atoms with E-state index in [4.69, 9.17) is 23.2 Å². The first kappa shape index (κ1) is 38.8. The van der Waals surface area contributed by atoms with Gasteiger partial charge in [0.2, 0.25) is 0 Å². The van der Waals surface area contributed by atoms with E-state index in [0.29, 0.717) is 44.8 Å². The molecule has 0 aliphatic carbocycles. The normalized spacial score (nSPS) is 10.8. The number of fused-ring (bicyclic) bond motifs is 2. The number of benzene rings is 2. The van der Waals surface area contributed by atoms with E-state index in [-0.39, 0.29) is 12.1 Å². The molecule has 0 aliphatic rings. The van der Waals surface area contributed by atoms with E-state index >= 15 is 0 Å². The van der Waals surface area contributed by atoms with Crippen molar-refractivity contribution in [2.75, 3.05) is 45.0 Å². The number of carbonyl (C=O) groups is 2. The Morgan fingerprint density at radius 1 is 0.571 bits per heavy atom. The molecule has 0 saturated heterocycles. The summed E-state index contributed by atoms with van der Waals surface area (Å²) in [6, 6.07) is 17.2. The van der Waals surface area contributed by atoms with Crippen molar-refractivity contribution >= 4 is 134 Å². The van der Waals surface area contributed by atoms with E-state index in [1.165, 1.54) is 22.7 Å².